The standard InChI is InChI=1S/C19H22F2IN8P.C4H8.C2H6.C2H4/c1-4-11-12(18-25-10-29(3)28-18)6-5-7-13(11)26-14-8-16(23)27-19(17(14)24-2)30(31-22)9-15(20)21;1-4-2-3-4;2*1-2/h5-8,10,15,31H,2,4,9H2,1,3H3,(H3,23,26,27);4H,2-3H2,1H3;1-2H3;1-2H2. The molecular weight excluding hydrogens is 632 g/mol. The third-order valence-electron chi connectivity index (χ3n) is 5.34. The minimum atomic E-state index is -2.52. The first kappa shape index (κ1) is 34.4. The molecule has 0 amide bonds. The van der Waals surface area contributed by atoms with Gasteiger partial charge in [0, 0.05) is 30.7 Å². The van der Waals surface area contributed by atoms with E-state index in [9.17, 15) is 8.78 Å². The fourth-order valence-electron chi connectivity index (χ4n) is 3.35. The maximum absolute atomic E-state index is 13.1. The highest BCUT2D eigenvalue weighted by Crippen LogP contribution is 2.44. The minimum absolute atomic E-state index is 0.0292. The van der Waals surface area contributed by atoms with Gasteiger partial charge in [-0.3, -0.25) is 9.67 Å². The monoisotopic (exact) mass is 672 g/mol. The van der Waals surface area contributed by atoms with E-state index in [1.54, 1.807) is 17.1 Å². The lowest BCUT2D eigenvalue weighted by molar-refractivity contribution is 0.159. The lowest BCUT2D eigenvalue weighted by Crippen LogP contribution is -2.21. The van der Waals surface area contributed by atoms with Crippen LogP contribution in [0.1, 0.15) is 46.1 Å². The van der Waals surface area contributed by atoms with Crippen LogP contribution in [-0.4, -0.2) is 39.4 Å². The molecule has 2 heterocycles. The number of alkyl halides is 2. The smallest absolute Gasteiger partial charge is 0.256 e. The molecule has 0 aliphatic heterocycles. The molecule has 8 nitrogen and oxygen atoms in total. The van der Waals surface area contributed by atoms with E-state index in [2.05, 4.69) is 52.2 Å². The van der Waals surface area contributed by atoms with Gasteiger partial charge < -0.3 is 15.7 Å². The molecule has 0 bridgehead atoms. The van der Waals surface area contributed by atoms with Crippen LogP contribution in [0.2, 0.25) is 0 Å². The molecule has 0 radical (unpaired) electrons. The number of rotatable bonds is 9. The van der Waals surface area contributed by atoms with Crippen LogP contribution in [0.15, 0.2) is 48.7 Å². The van der Waals surface area contributed by atoms with Gasteiger partial charge in [0.25, 0.3) is 6.43 Å². The molecule has 3 aromatic rings. The van der Waals surface area contributed by atoms with Crippen LogP contribution >= 0.6 is 28.4 Å². The zero-order valence-electron chi connectivity index (χ0n) is 23.4. The van der Waals surface area contributed by atoms with Crippen molar-refractivity contribution in [1.82, 2.24) is 19.7 Å². The normalized spacial score (nSPS) is 12.0. The Labute approximate surface area is 245 Å². The van der Waals surface area contributed by atoms with Gasteiger partial charge in [0.05, 0.1) is 12.2 Å². The zero-order valence-corrected chi connectivity index (χ0v) is 26.5. The second-order valence-corrected chi connectivity index (χ2v) is 10.4. The van der Waals surface area contributed by atoms with Crippen molar-refractivity contribution < 1.29 is 8.78 Å². The van der Waals surface area contributed by atoms with Gasteiger partial charge in [-0.2, -0.15) is 5.10 Å². The van der Waals surface area contributed by atoms with Crippen LogP contribution in [0, 0.1) is 5.92 Å². The second-order valence-electron chi connectivity index (χ2n) is 8.25. The fourth-order valence-corrected chi connectivity index (χ4v) is 5.07. The average Bonchev–Trinajstić information content (AvgIpc) is 3.61. The van der Waals surface area contributed by atoms with Gasteiger partial charge >= 0.3 is 0 Å². The van der Waals surface area contributed by atoms with Crippen LogP contribution in [0.25, 0.3) is 11.4 Å². The van der Waals surface area contributed by atoms with E-state index in [1.165, 1.54) is 17.5 Å². The Kier molecular flexibility index (Phi) is 15.7. The third kappa shape index (κ3) is 10.4. The number of aromatic nitrogens is 4. The Morgan fingerprint density at radius 2 is 1.92 bits per heavy atom. The Morgan fingerprint density at radius 1 is 1.28 bits per heavy atom. The van der Waals surface area contributed by atoms with Gasteiger partial charge in [0.2, 0.25) is 0 Å². The summed E-state index contributed by atoms with van der Waals surface area (Å²) in [6.07, 6.45) is 2.84. The lowest BCUT2D eigenvalue weighted by Gasteiger charge is -2.24. The van der Waals surface area contributed by atoms with Crippen molar-refractivity contribution in [3.05, 3.63) is 49.3 Å². The van der Waals surface area contributed by atoms with Crippen LogP contribution in [0.4, 0.5) is 37.5 Å². The number of nitrogens with two attached hydrogens (primary N) is 1. The highest BCUT2D eigenvalue weighted by molar-refractivity contribution is 14.2. The summed E-state index contributed by atoms with van der Waals surface area (Å²) in [5, 5.41) is 7.75. The highest BCUT2D eigenvalue weighted by atomic mass is 127. The first-order valence-electron chi connectivity index (χ1n) is 12.7. The van der Waals surface area contributed by atoms with Gasteiger partial charge in [-0.25, -0.2) is 18.7 Å². The van der Waals surface area contributed by atoms with Gasteiger partial charge in [-0.1, -0.05) is 52.7 Å². The number of halogens is 3. The number of aliphatic imine (C=N–C) groups is 1. The van der Waals surface area contributed by atoms with E-state index in [0.29, 0.717) is 23.6 Å². The number of nitrogens with one attached hydrogen (secondary N) is 1. The molecule has 1 unspecified atom stereocenters. The van der Waals surface area contributed by atoms with Crippen LogP contribution in [0.3, 0.4) is 0 Å². The topological polar surface area (TPSA) is 97.2 Å². The Morgan fingerprint density at radius 3 is 2.38 bits per heavy atom. The number of hydrogen-bond acceptors (Lipinski definition) is 7. The third-order valence-corrected chi connectivity index (χ3v) is 7.68. The molecule has 2 aromatic heterocycles. The minimum Gasteiger partial charge on any atom is -0.384 e. The number of benzene rings is 1. The molecule has 1 fully saturated rings. The van der Waals surface area contributed by atoms with E-state index >= 15 is 0 Å². The molecule has 0 spiro atoms. The zero-order chi connectivity index (χ0) is 29.5. The first-order chi connectivity index (χ1) is 18.8. The van der Waals surface area contributed by atoms with E-state index in [0.717, 1.165) is 22.7 Å². The predicted molar refractivity (Wildman–Crippen MR) is 174 cm³/mol. The van der Waals surface area contributed by atoms with Gasteiger partial charge in [0.15, 0.2) is 11.6 Å². The Balaban J connectivity index is 0.000000837. The molecule has 39 heavy (non-hydrogen) atoms. The van der Waals surface area contributed by atoms with Crippen molar-refractivity contribution in [2.45, 2.75) is 53.4 Å². The first-order valence-corrected chi connectivity index (χ1v) is 16.8. The molecule has 1 aliphatic carbocycles. The van der Waals surface area contributed by atoms with Crippen molar-refractivity contribution in [2.24, 2.45) is 18.0 Å². The van der Waals surface area contributed by atoms with Crippen LogP contribution in [0.5, 0.6) is 0 Å². The molecule has 4 rings (SSSR count). The maximum Gasteiger partial charge on any atom is 0.256 e. The lowest BCUT2D eigenvalue weighted by atomic mass is 10.0. The second kappa shape index (κ2) is 17.8. The molecule has 214 valence electrons. The summed E-state index contributed by atoms with van der Waals surface area (Å²) < 4.78 is 29.2. The molecule has 0 saturated heterocycles. The summed E-state index contributed by atoms with van der Waals surface area (Å²) in [7, 11) is 1.81. The van der Waals surface area contributed by atoms with E-state index in [-0.39, 0.29) is 18.0 Å². The van der Waals surface area contributed by atoms with Crippen molar-refractivity contribution in [3.63, 3.8) is 0 Å². The summed E-state index contributed by atoms with van der Waals surface area (Å²) in [6, 6.07) is 7.40. The number of anilines is 4. The largest absolute Gasteiger partial charge is 0.384 e. The Hall–Kier alpha value is -2.66. The molecule has 1 saturated carbocycles. The number of hydrogen-bond donors (Lipinski definition) is 2. The molecule has 1 aliphatic rings. The highest BCUT2D eigenvalue weighted by Gasteiger charge is 2.21. The molecule has 12 heteroatoms. The van der Waals surface area contributed by atoms with Crippen molar-refractivity contribution in [3.8, 4) is 11.4 Å². The number of pyridine rings is 1. The quantitative estimate of drug-likeness (QED) is 0.103. The summed E-state index contributed by atoms with van der Waals surface area (Å²) in [5.41, 5.74) is 9.61. The predicted octanol–water partition coefficient (Wildman–Crippen LogP) is 8.36. The summed E-state index contributed by atoms with van der Waals surface area (Å²) >= 11 is 2.03. The van der Waals surface area contributed by atoms with Crippen molar-refractivity contribution >= 4 is 63.8 Å². The van der Waals surface area contributed by atoms with Gasteiger partial charge in [-0.05, 0) is 52.7 Å². The molecule has 1 atom stereocenters. The number of nitrogens with zero attached hydrogens (tertiary/aromatic N) is 6. The number of aryl methyl sites for hydroxylation is 1. The molecule has 1 aromatic carbocycles. The fraction of sp³-hybridized carbons (Fsp3) is 0.407. The summed E-state index contributed by atoms with van der Waals surface area (Å²) in [4.78, 5) is 12.7. The average molecular weight is 673 g/mol. The van der Waals surface area contributed by atoms with E-state index in [4.69, 9.17) is 5.73 Å². The van der Waals surface area contributed by atoms with Crippen LogP contribution in [-0.2, 0) is 13.5 Å². The molecular formula is C27H40F2IN8P. The van der Waals surface area contributed by atoms with Crippen molar-refractivity contribution in [2.75, 3.05) is 22.3 Å². The number of nitrogen functional groups attached to an aromatic ring is 1. The van der Waals surface area contributed by atoms with Crippen LogP contribution < -0.4 is 15.7 Å². The van der Waals surface area contributed by atoms with E-state index < -0.39 is 13.0 Å². The molecule has 3 N–H and O–H groups in total. The van der Waals surface area contributed by atoms with Gasteiger partial charge in [-0.15, -0.1) is 13.2 Å². The van der Waals surface area contributed by atoms with Crippen molar-refractivity contribution in [1.29, 1.82) is 0 Å². The Bertz CT molecular complexity index is 1170. The SMILES string of the molecule is C=C.C=Nc1c(Nc2cccc(-c3ncn(C)n3)c2CC)cc(N)nc1N(CC(F)F)PI.CC.CC1CC1. The summed E-state index contributed by atoms with van der Waals surface area (Å²) in [6.45, 7) is 17.5. The maximum atomic E-state index is 13.1. The van der Waals surface area contributed by atoms with Gasteiger partial charge in [0.1, 0.15) is 17.8 Å². The summed E-state index contributed by atoms with van der Waals surface area (Å²) in [5.74, 6) is 2.17. The van der Waals surface area contributed by atoms with E-state index in [1.807, 2.05) is 68.1 Å².